The first-order chi connectivity index (χ1) is 9.61. The first kappa shape index (κ1) is 14.8. The lowest BCUT2D eigenvalue weighted by atomic mass is 10.1. The van der Waals surface area contributed by atoms with Gasteiger partial charge in [-0.25, -0.2) is 0 Å². The van der Waals surface area contributed by atoms with E-state index in [0.717, 1.165) is 8.95 Å². The number of hydrogen-bond acceptors (Lipinski definition) is 3. The molecule has 20 heavy (non-hydrogen) atoms. The van der Waals surface area contributed by atoms with Crippen LogP contribution in [0, 0.1) is 11.3 Å². The summed E-state index contributed by atoms with van der Waals surface area (Å²) < 4.78 is 6.96. The number of nitriles is 1. The van der Waals surface area contributed by atoms with E-state index < -0.39 is 0 Å². The highest BCUT2D eigenvalue weighted by atomic mass is 79.9. The molecule has 0 unspecified atom stereocenters. The molecule has 0 bridgehead atoms. The van der Waals surface area contributed by atoms with Gasteiger partial charge in [0.1, 0.15) is 11.8 Å². The van der Waals surface area contributed by atoms with E-state index in [2.05, 4.69) is 31.9 Å². The molecule has 0 amide bonds. The van der Waals surface area contributed by atoms with Crippen LogP contribution in [0.1, 0.15) is 15.9 Å². The maximum absolute atomic E-state index is 12.1. The van der Waals surface area contributed by atoms with Crippen LogP contribution in [0.25, 0.3) is 0 Å². The molecule has 0 aliphatic heterocycles. The van der Waals surface area contributed by atoms with Crippen molar-refractivity contribution in [3.05, 3.63) is 62.5 Å². The highest BCUT2D eigenvalue weighted by Gasteiger charge is 2.11. The fourth-order valence-electron chi connectivity index (χ4n) is 1.62. The summed E-state index contributed by atoms with van der Waals surface area (Å²) in [5, 5.41) is 9.03. The zero-order valence-electron chi connectivity index (χ0n) is 10.3. The molecule has 0 saturated heterocycles. The standard InChI is InChI=1S/C15H9Br2NO2/c16-11-5-6-15(10(7-11)8-18)20-9-14(19)12-3-1-2-4-13(12)17/h1-7H,9H2. The Morgan fingerprint density at radius 3 is 2.65 bits per heavy atom. The normalized spacial score (nSPS) is 9.85. The molecule has 2 aromatic carbocycles. The van der Waals surface area contributed by atoms with E-state index in [0.29, 0.717) is 16.9 Å². The maximum atomic E-state index is 12.1. The van der Waals surface area contributed by atoms with Gasteiger partial charge in [0.2, 0.25) is 5.78 Å². The van der Waals surface area contributed by atoms with Crippen LogP contribution in [0.3, 0.4) is 0 Å². The average molecular weight is 395 g/mol. The van der Waals surface area contributed by atoms with Crippen LogP contribution < -0.4 is 4.74 Å². The van der Waals surface area contributed by atoms with Crippen LogP contribution >= 0.6 is 31.9 Å². The predicted octanol–water partition coefficient (Wildman–Crippen LogP) is 4.34. The molecular weight excluding hydrogens is 386 g/mol. The third-order valence-electron chi connectivity index (χ3n) is 2.60. The van der Waals surface area contributed by atoms with Gasteiger partial charge in [-0.2, -0.15) is 5.26 Å². The van der Waals surface area contributed by atoms with Gasteiger partial charge in [0, 0.05) is 14.5 Å². The number of rotatable bonds is 4. The predicted molar refractivity (Wildman–Crippen MR) is 82.8 cm³/mol. The number of benzene rings is 2. The van der Waals surface area contributed by atoms with E-state index in [-0.39, 0.29) is 12.4 Å². The average Bonchev–Trinajstić information content (AvgIpc) is 2.46. The second-order valence-corrected chi connectivity index (χ2v) is 5.71. The van der Waals surface area contributed by atoms with Crippen molar-refractivity contribution in [3.63, 3.8) is 0 Å². The highest BCUT2D eigenvalue weighted by molar-refractivity contribution is 9.10. The van der Waals surface area contributed by atoms with Crippen LogP contribution in [0.5, 0.6) is 5.75 Å². The molecule has 0 atom stereocenters. The van der Waals surface area contributed by atoms with Crippen molar-refractivity contribution >= 4 is 37.6 Å². The zero-order valence-corrected chi connectivity index (χ0v) is 13.4. The topological polar surface area (TPSA) is 50.1 Å². The molecule has 100 valence electrons. The third-order valence-corrected chi connectivity index (χ3v) is 3.78. The van der Waals surface area contributed by atoms with Crippen LogP contribution in [-0.4, -0.2) is 12.4 Å². The van der Waals surface area contributed by atoms with E-state index in [1.807, 2.05) is 12.1 Å². The highest BCUT2D eigenvalue weighted by Crippen LogP contribution is 2.23. The molecule has 2 aromatic rings. The maximum Gasteiger partial charge on any atom is 0.201 e. The summed E-state index contributed by atoms with van der Waals surface area (Å²) in [7, 11) is 0. The lowest BCUT2D eigenvalue weighted by Crippen LogP contribution is -2.12. The lowest BCUT2D eigenvalue weighted by Gasteiger charge is -2.08. The Morgan fingerprint density at radius 2 is 1.95 bits per heavy atom. The molecule has 0 aliphatic rings. The Bertz CT molecular complexity index is 693. The van der Waals surface area contributed by atoms with Crippen molar-refractivity contribution in [3.8, 4) is 11.8 Å². The van der Waals surface area contributed by atoms with Gasteiger partial charge in [-0.15, -0.1) is 0 Å². The minimum absolute atomic E-state index is 0.112. The second kappa shape index (κ2) is 6.69. The van der Waals surface area contributed by atoms with Crippen molar-refractivity contribution in [2.24, 2.45) is 0 Å². The minimum atomic E-state index is -0.149. The summed E-state index contributed by atoms with van der Waals surface area (Å²) in [5.74, 6) is 0.250. The molecular formula is C15H9Br2NO2. The van der Waals surface area contributed by atoms with Crippen molar-refractivity contribution < 1.29 is 9.53 Å². The SMILES string of the molecule is N#Cc1cc(Br)ccc1OCC(=O)c1ccccc1Br. The van der Waals surface area contributed by atoms with E-state index in [1.165, 1.54) is 0 Å². The first-order valence-electron chi connectivity index (χ1n) is 5.72. The Labute approximate surface area is 133 Å². The molecule has 0 N–H and O–H groups in total. The van der Waals surface area contributed by atoms with E-state index in [4.69, 9.17) is 10.00 Å². The van der Waals surface area contributed by atoms with E-state index in [1.54, 1.807) is 36.4 Å². The second-order valence-electron chi connectivity index (χ2n) is 3.94. The van der Waals surface area contributed by atoms with E-state index in [9.17, 15) is 4.79 Å². The van der Waals surface area contributed by atoms with Crippen molar-refractivity contribution in [1.29, 1.82) is 5.26 Å². The van der Waals surface area contributed by atoms with Gasteiger partial charge in [-0.3, -0.25) is 4.79 Å². The smallest absolute Gasteiger partial charge is 0.201 e. The number of nitrogens with zero attached hydrogens (tertiary/aromatic N) is 1. The molecule has 2 rings (SSSR count). The third kappa shape index (κ3) is 3.47. The lowest BCUT2D eigenvalue weighted by molar-refractivity contribution is 0.0920. The molecule has 0 aromatic heterocycles. The van der Waals surface area contributed by atoms with Crippen LogP contribution in [-0.2, 0) is 0 Å². The molecule has 0 spiro atoms. The Morgan fingerprint density at radius 1 is 1.20 bits per heavy atom. The monoisotopic (exact) mass is 393 g/mol. The summed E-state index contributed by atoms with van der Waals surface area (Å²) >= 11 is 6.61. The summed E-state index contributed by atoms with van der Waals surface area (Å²) in [4.78, 5) is 12.1. The van der Waals surface area contributed by atoms with Crippen molar-refractivity contribution in [1.82, 2.24) is 0 Å². The number of ketones is 1. The largest absolute Gasteiger partial charge is 0.484 e. The summed E-state index contributed by atoms with van der Waals surface area (Å²) in [5.41, 5.74) is 0.947. The van der Waals surface area contributed by atoms with Crippen molar-refractivity contribution in [2.75, 3.05) is 6.61 Å². The van der Waals surface area contributed by atoms with Crippen LogP contribution in [0.2, 0.25) is 0 Å². The van der Waals surface area contributed by atoms with Crippen LogP contribution in [0.15, 0.2) is 51.4 Å². The molecule has 0 heterocycles. The first-order valence-corrected chi connectivity index (χ1v) is 7.30. The minimum Gasteiger partial charge on any atom is -0.484 e. The molecule has 0 saturated carbocycles. The number of halogens is 2. The number of ether oxygens (including phenoxy) is 1. The Hall–Kier alpha value is -1.64. The summed E-state index contributed by atoms with van der Waals surface area (Å²) in [6.45, 7) is -0.112. The quantitative estimate of drug-likeness (QED) is 0.724. The van der Waals surface area contributed by atoms with Crippen LogP contribution in [0.4, 0.5) is 0 Å². The Balaban J connectivity index is 2.12. The molecule has 0 fully saturated rings. The summed E-state index contributed by atoms with van der Waals surface area (Å²) in [6, 6.07) is 14.3. The number of carbonyl (C=O) groups is 1. The Kier molecular flexibility index (Phi) is 4.94. The molecule has 5 heteroatoms. The number of hydrogen-bond donors (Lipinski definition) is 0. The number of carbonyl (C=O) groups excluding carboxylic acids is 1. The molecule has 0 radical (unpaired) electrons. The fraction of sp³-hybridized carbons (Fsp3) is 0.0667. The summed E-state index contributed by atoms with van der Waals surface area (Å²) in [6.07, 6.45) is 0. The van der Waals surface area contributed by atoms with Gasteiger partial charge in [-0.1, -0.05) is 50.1 Å². The fourth-order valence-corrected chi connectivity index (χ4v) is 2.49. The van der Waals surface area contributed by atoms with Gasteiger partial charge in [-0.05, 0) is 24.3 Å². The molecule has 3 nitrogen and oxygen atoms in total. The van der Waals surface area contributed by atoms with Gasteiger partial charge >= 0.3 is 0 Å². The number of Topliss-reactive ketones (excluding diaryl/α,β-unsaturated/α-hetero) is 1. The van der Waals surface area contributed by atoms with Crippen molar-refractivity contribution in [2.45, 2.75) is 0 Å². The van der Waals surface area contributed by atoms with E-state index >= 15 is 0 Å². The zero-order chi connectivity index (χ0) is 14.5. The van der Waals surface area contributed by atoms with Gasteiger partial charge in [0.05, 0.1) is 5.56 Å². The van der Waals surface area contributed by atoms with Gasteiger partial charge in [0.15, 0.2) is 6.61 Å². The van der Waals surface area contributed by atoms with Gasteiger partial charge < -0.3 is 4.74 Å². The van der Waals surface area contributed by atoms with Gasteiger partial charge in [0.25, 0.3) is 0 Å². The molecule has 0 aliphatic carbocycles.